The van der Waals surface area contributed by atoms with Crippen LogP contribution < -0.4 is 9.77 Å². The Balaban J connectivity index is 1.64. The minimum atomic E-state index is -0.809. The predicted molar refractivity (Wildman–Crippen MR) is 133 cm³/mol. The number of aromatic nitrogens is 1. The molecule has 3 aromatic rings. The van der Waals surface area contributed by atoms with E-state index in [2.05, 4.69) is 15.9 Å². The Bertz CT molecular complexity index is 1390. The van der Waals surface area contributed by atoms with E-state index in [1.54, 1.807) is 6.92 Å². The first-order chi connectivity index (χ1) is 16.8. The topological polar surface area (TPSA) is 85.7 Å². The molecule has 1 saturated heterocycles. The first-order valence-corrected chi connectivity index (χ1v) is 13.2. The van der Waals surface area contributed by atoms with Gasteiger partial charge in [-0.2, -0.15) is 0 Å². The summed E-state index contributed by atoms with van der Waals surface area (Å²) in [6, 6.07) is 12.6. The molecule has 0 saturated carbocycles. The number of rotatable bonds is 5. The van der Waals surface area contributed by atoms with Crippen LogP contribution in [0.1, 0.15) is 23.3 Å². The molecule has 0 spiro atoms. The zero-order valence-corrected chi connectivity index (χ0v) is 21.5. The molecular weight excluding hydrogens is 559 g/mol. The molecule has 7 nitrogen and oxygen atoms in total. The van der Waals surface area contributed by atoms with Gasteiger partial charge in [-0.1, -0.05) is 51.2 Å². The van der Waals surface area contributed by atoms with Crippen molar-refractivity contribution < 1.29 is 23.5 Å². The highest BCUT2D eigenvalue weighted by molar-refractivity contribution is 9.10. The van der Waals surface area contributed by atoms with Crippen molar-refractivity contribution in [3.05, 3.63) is 78.9 Å². The third-order valence-electron chi connectivity index (χ3n) is 5.96. The fourth-order valence-electron chi connectivity index (χ4n) is 4.46. The lowest BCUT2D eigenvalue weighted by molar-refractivity contribution is -0.144. The summed E-state index contributed by atoms with van der Waals surface area (Å²) < 4.78 is 20.7. The van der Waals surface area contributed by atoms with E-state index in [1.165, 1.54) is 28.8 Å². The summed E-state index contributed by atoms with van der Waals surface area (Å²) >= 11 is 5.51. The highest BCUT2D eigenvalue weighted by Gasteiger charge is 2.56. The van der Waals surface area contributed by atoms with E-state index in [-0.39, 0.29) is 18.0 Å². The van der Waals surface area contributed by atoms with E-state index in [0.29, 0.717) is 15.6 Å². The van der Waals surface area contributed by atoms with Crippen LogP contribution in [-0.2, 0) is 25.7 Å². The lowest BCUT2D eigenvalue weighted by Gasteiger charge is -2.30. The molecule has 2 aromatic carbocycles. The van der Waals surface area contributed by atoms with Gasteiger partial charge < -0.3 is 4.74 Å². The van der Waals surface area contributed by atoms with E-state index >= 15 is 0 Å². The fraction of sp³-hybridized carbons (Fsp3) is 0.250. The van der Waals surface area contributed by atoms with E-state index < -0.39 is 40.7 Å². The molecular formula is C24H18BrFN2O5S2. The second kappa shape index (κ2) is 9.36. The summed E-state index contributed by atoms with van der Waals surface area (Å²) in [7, 11) is 0. The Kier molecular flexibility index (Phi) is 6.41. The number of ether oxygens (including phenoxy) is 1. The molecule has 2 amide bonds. The first-order valence-electron chi connectivity index (χ1n) is 10.7. The van der Waals surface area contributed by atoms with Crippen molar-refractivity contribution in [1.82, 2.24) is 4.57 Å². The van der Waals surface area contributed by atoms with Crippen molar-refractivity contribution in [3.8, 4) is 0 Å². The molecule has 0 radical (unpaired) electrons. The summed E-state index contributed by atoms with van der Waals surface area (Å²) in [4.78, 5) is 53.7. The molecule has 3 atom stereocenters. The third-order valence-corrected chi connectivity index (χ3v) is 9.09. The number of fused-ring (bicyclic) bond motifs is 2. The zero-order chi connectivity index (χ0) is 24.9. The Labute approximate surface area is 216 Å². The van der Waals surface area contributed by atoms with E-state index in [4.69, 9.17) is 4.74 Å². The van der Waals surface area contributed by atoms with Crippen LogP contribution >= 0.6 is 39.0 Å². The lowest BCUT2D eigenvalue weighted by atomic mass is 9.83. The number of thiazole rings is 1. The predicted octanol–water partition coefficient (Wildman–Crippen LogP) is 4.17. The van der Waals surface area contributed by atoms with Crippen LogP contribution in [0.15, 0.2) is 62.8 Å². The number of hydrogen-bond donors (Lipinski definition) is 0. The van der Waals surface area contributed by atoms with Gasteiger partial charge in [0.2, 0.25) is 11.8 Å². The van der Waals surface area contributed by atoms with Crippen molar-refractivity contribution in [2.45, 2.75) is 29.7 Å². The van der Waals surface area contributed by atoms with Crippen LogP contribution in [0.3, 0.4) is 0 Å². The Morgan fingerprint density at radius 3 is 2.40 bits per heavy atom. The highest BCUT2D eigenvalue weighted by Crippen LogP contribution is 2.53. The summed E-state index contributed by atoms with van der Waals surface area (Å²) in [6.07, 6.45) is 0. The maximum atomic E-state index is 13.7. The van der Waals surface area contributed by atoms with Gasteiger partial charge in [0.25, 0.3) is 0 Å². The number of carbonyl (C=O) groups excluding carboxylic acids is 3. The number of benzene rings is 2. The maximum Gasteiger partial charge on any atom is 0.326 e. The van der Waals surface area contributed by atoms with Crippen LogP contribution in [0.4, 0.5) is 10.1 Å². The molecule has 35 heavy (non-hydrogen) atoms. The lowest BCUT2D eigenvalue weighted by Crippen LogP contribution is -2.32. The summed E-state index contributed by atoms with van der Waals surface area (Å²) in [6.45, 7) is 1.58. The first kappa shape index (κ1) is 24.0. The SMILES string of the molecule is CCOC(=O)Cn1c2c(sc1=O)C(c1ccc(Br)cc1)C1C(=O)N(c3ccc(F)cc3)C(=O)C1S2. The summed E-state index contributed by atoms with van der Waals surface area (Å²) in [5.41, 5.74) is 1.06. The molecule has 3 heterocycles. The Morgan fingerprint density at radius 2 is 1.74 bits per heavy atom. The molecule has 1 aromatic heterocycles. The summed E-state index contributed by atoms with van der Waals surface area (Å²) in [5.74, 6) is -3.20. The molecule has 5 rings (SSSR count). The molecule has 0 bridgehead atoms. The van der Waals surface area contributed by atoms with Gasteiger partial charge in [-0.15, -0.1) is 0 Å². The number of amides is 2. The monoisotopic (exact) mass is 576 g/mol. The molecule has 180 valence electrons. The molecule has 0 aliphatic carbocycles. The van der Waals surface area contributed by atoms with E-state index in [0.717, 1.165) is 38.0 Å². The maximum absolute atomic E-state index is 13.7. The highest BCUT2D eigenvalue weighted by atomic mass is 79.9. The largest absolute Gasteiger partial charge is 0.465 e. The van der Waals surface area contributed by atoms with Gasteiger partial charge in [0, 0.05) is 15.3 Å². The molecule has 3 unspecified atom stereocenters. The quantitative estimate of drug-likeness (QED) is 0.335. The average molecular weight is 577 g/mol. The summed E-state index contributed by atoms with van der Waals surface area (Å²) in [5, 5.41) is -0.319. The number of carbonyl (C=O) groups is 3. The smallest absolute Gasteiger partial charge is 0.326 e. The van der Waals surface area contributed by atoms with Crippen LogP contribution in [-0.4, -0.2) is 34.2 Å². The third kappa shape index (κ3) is 4.15. The Morgan fingerprint density at radius 1 is 1.06 bits per heavy atom. The van der Waals surface area contributed by atoms with Crippen LogP contribution in [0.25, 0.3) is 0 Å². The van der Waals surface area contributed by atoms with Crippen molar-refractivity contribution in [3.63, 3.8) is 0 Å². The number of anilines is 1. The van der Waals surface area contributed by atoms with Gasteiger partial charge in [-0.3, -0.25) is 23.7 Å². The Hall–Kier alpha value is -2.76. The van der Waals surface area contributed by atoms with Gasteiger partial charge in [0.1, 0.15) is 17.6 Å². The van der Waals surface area contributed by atoms with Gasteiger partial charge in [-0.25, -0.2) is 9.29 Å². The zero-order valence-electron chi connectivity index (χ0n) is 18.3. The number of esters is 1. The van der Waals surface area contributed by atoms with Gasteiger partial charge in [0.05, 0.1) is 23.2 Å². The van der Waals surface area contributed by atoms with E-state index in [9.17, 15) is 23.6 Å². The normalized spacial score (nSPS) is 21.1. The van der Waals surface area contributed by atoms with Crippen molar-refractivity contribution >= 4 is 62.5 Å². The number of nitrogens with zero attached hydrogens (tertiary/aromatic N) is 2. The minimum absolute atomic E-state index is 0.179. The van der Waals surface area contributed by atoms with Crippen molar-refractivity contribution in [2.24, 2.45) is 5.92 Å². The average Bonchev–Trinajstić information content (AvgIpc) is 3.27. The van der Waals surface area contributed by atoms with Crippen molar-refractivity contribution in [2.75, 3.05) is 11.5 Å². The fourth-order valence-corrected chi connectivity index (χ4v) is 7.50. The van der Waals surface area contributed by atoms with Gasteiger partial charge >= 0.3 is 10.8 Å². The van der Waals surface area contributed by atoms with Crippen molar-refractivity contribution in [1.29, 1.82) is 0 Å². The van der Waals surface area contributed by atoms with Crippen LogP contribution in [0, 0.1) is 11.7 Å². The minimum Gasteiger partial charge on any atom is -0.465 e. The standard InChI is InChI=1S/C24H18BrFN2O5S2/c1-2-33-16(29)11-27-23-20(35-24(27)32)17(12-3-5-13(25)6-4-12)18-19(34-23)22(31)28(21(18)30)15-9-7-14(26)8-10-15/h3-10,17-19H,2,11H2,1H3. The number of imide groups is 1. The molecule has 11 heteroatoms. The van der Waals surface area contributed by atoms with Crippen LogP contribution in [0.2, 0.25) is 0 Å². The second-order valence-electron chi connectivity index (χ2n) is 8.01. The number of hydrogen-bond acceptors (Lipinski definition) is 7. The molecule has 1 fully saturated rings. The molecule has 2 aliphatic heterocycles. The van der Waals surface area contributed by atoms with E-state index in [1.807, 2.05) is 24.3 Å². The van der Waals surface area contributed by atoms with Crippen LogP contribution in [0.5, 0.6) is 0 Å². The number of halogens is 2. The number of thioether (sulfide) groups is 1. The van der Waals surface area contributed by atoms with Gasteiger partial charge in [0.15, 0.2) is 0 Å². The molecule has 0 N–H and O–H groups in total. The second-order valence-corrected chi connectivity index (χ2v) is 11.0. The van der Waals surface area contributed by atoms with Gasteiger partial charge in [-0.05, 0) is 48.9 Å². The molecule has 2 aliphatic rings.